The van der Waals surface area contributed by atoms with Gasteiger partial charge in [0, 0.05) is 58.2 Å². The van der Waals surface area contributed by atoms with Crippen molar-refractivity contribution in [1.29, 1.82) is 0 Å². The number of hydrogen-bond donors (Lipinski definition) is 1. The zero-order chi connectivity index (χ0) is 19.2. The van der Waals surface area contributed by atoms with Crippen LogP contribution in [0.15, 0.2) is 24.3 Å². The van der Waals surface area contributed by atoms with Gasteiger partial charge in [-0.05, 0) is 25.0 Å². The molecule has 0 aromatic heterocycles. The second-order valence-electron chi connectivity index (χ2n) is 7.30. The topological polar surface area (TPSA) is 79.1 Å². The Kier molecular flexibility index (Phi) is 6.55. The van der Waals surface area contributed by atoms with E-state index in [9.17, 15) is 9.59 Å². The van der Waals surface area contributed by atoms with Crippen molar-refractivity contribution in [2.24, 2.45) is 5.73 Å². The Labute approximate surface area is 161 Å². The number of ether oxygens (including phenoxy) is 1. The standard InChI is InChI=1S/C20H30N4O3/c1-27-18-7-3-2-6-17(18)23-13-11-22(12-14-23)16-5-4-10-24(15-16)20(26)9-8-19(21)25/h2-3,6-7,16H,4-5,8-15H2,1H3,(H2,21,25). The van der Waals surface area contributed by atoms with E-state index < -0.39 is 5.91 Å². The quantitative estimate of drug-likeness (QED) is 0.806. The number of nitrogens with two attached hydrogens (primary N) is 1. The number of hydrogen-bond acceptors (Lipinski definition) is 5. The molecular weight excluding hydrogens is 344 g/mol. The Morgan fingerprint density at radius 2 is 1.85 bits per heavy atom. The number of para-hydroxylation sites is 2. The van der Waals surface area contributed by atoms with Crippen LogP contribution in [0.25, 0.3) is 0 Å². The van der Waals surface area contributed by atoms with Gasteiger partial charge in [-0.3, -0.25) is 14.5 Å². The van der Waals surface area contributed by atoms with E-state index in [2.05, 4.69) is 15.9 Å². The van der Waals surface area contributed by atoms with Gasteiger partial charge >= 0.3 is 0 Å². The van der Waals surface area contributed by atoms with Crippen LogP contribution < -0.4 is 15.4 Å². The van der Waals surface area contributed by atoms with Gasteiger partial charge in [0.1, 0.15) is 5.75 Å². The summed E-state index contributed by atoms with van der Waals surface area (Å²) in [7, 11) is 1.71. The van der Waals surface area contributed by atoms with Gasteiger partial charge in [-0.2, -0.15) is 0 Å². The average molecular weight is 374 g/mol. The highest BCUT2D eigenvalue weighted by molar-refractivity contribution is 5.83. The van der Waals surface area contributed by atoms with E-state index in [1.807, 2.05) is 23.1 Å². The monoisotopic (exact) mass is 374 g/mol. The lowest BCUT2D eigenvalue weighted by Gasteiger charge is -2.44. The number of carbonyl (C=O) groups is 2. The molecule has 0 spiro atoms. The van der Waals surface area contributed by atoms with Crippen LogP contribution in [0.4, 0.5) is 5.69 Å². The molecular formula is C20H30N4O3. The van der Waals surface area contributed by atoms with Crippen molar-refractivity contribution in [3.05, 3.63) is 24.3 Å². The molecule has 1 aromatic rings. The molecule has 2 fully saturated rings. The number of rotatable bonds is 6. The lowest BCUT2D eigenvalue weighted by Crippen LogP contribution is -2.56. The van der Waals surface area contributed by atoms with Crippen LogP contribution in [0.5, 0.6) is 5.75 Å². The first-order chi connectivity index (χ1) is 13.1. The second-order valence-corrected chi connectivity index (χ2v) is 7.30. The maximum Gasteiger partial charge on any atom is 0.223 e. The highest BCUT2D eigenvalue weighted by Gasteiger charge is 2.30. The van der Waals surface area contributed by atoms with E-state index in [0.29, 0.717) is 6.04 Å². The van der Waals surface area contributed by atoms with Gasteiger partial charge in [-0.25, -0.2) is 0 Å². The largest absolute Gasteiger partial charge is 0.495 e. The minimum atomic E-state index is -0.413. The van der Waals surface area contributed by atoms with E-state index in [0.717, 1.165) is 63.5 Å². The van der Waals surface area contributed by atoms with E-state index in [4.69, 9.17) is 10.5 Å². The average Bonchev–Trinajstić information content (AvgIpc) is 2.72. The van der Waals surface area contributed by atoms with Gasteiger partial charge in [-0.15, -0.1) is 0 Å². The molecule has 2 saturated heterocycles. The van der Waals surface area contributed by atoms with Crippen molar-refractivity contribution in [1.82, 2.24) is 9.80 Å². The summed E-state index contributed by atoms with van der Waals surface area (Å²) in [6.45, 7) is 5.40. The van der Waals surface area contributed by atoms with Crippen molar-refractivity contribution in [2.75, 3.05) is 51.3 Å². The highest BCUT2D eigenvalue weighted by atomic mass is 16.5. The van der Waals surface area contributed by atoms with E-state index in [1.54, 1.807) is 7.11 Å². The lowest BCUT2D eigenvalue weighted by atomic mass is 10.0. The normalized spacial score (nSPS) is 21.1. The van der Waals surface area contributed by atoms with Crippen LogP contribution in [-0.2, 0) is 9.59 Å². The smallest absolute Gasteiger partial charge is 0.223 e. The summed E-state index contributed by atoms with van der Waals surface area (Å²) >= 11 is 0. The molecule has 148 valence electrons. The van der Waals surface area contributed by atoms with Gasteiger partial charge in [-0.1, -0.05) is 12.1 Å². The molecule has 7 nitrogen and oxygen atoms in total. The third-order valence-electron chi connectivity index (χ3n) is 5.59. The first-order valence-corrected chi connectivity index (χ1v) is 9.76. The highest BCUT2D eigenvalue weighted by Crippen LogP contribution is 2.29. The van der Waals surface area contributed by atoms with Crippen LogP contribution in [0.2, 0.25) is 0 Å². The predicted octanol–water partition coefficient (Wildman–Crippen LogP) is 1.07. The molecule has 0 bridgehead atoms. The maximum absolute atomic E-state index is 12.3. The fourth-order valence-electron chi connectivity index (χ4n) is 4.09. The van der Waals surface area contributed by atoms with Gasteiger partial charge in [0.2, 0.25) is 11.8 Å². The number of anilines is 1. The van der Waals surface area contributed by atoms with Crippen LogP contribution in [-0.4, -0.2) is 74.0 Å². The summed E-state index contributed by atoms with van der Waals surface area (Å²) in [6, 6.07) is 8.54. The molecule has 2 N–H and O–H groups in total. The van der Waals surface area contributed by atoms with Crippen LogP contribution >= 0.6 is 0 Å². The first kappa shape index (κ1) is 19.5. The van der Waals surface area contributed by atoms with Crippen molar-refractivity contribution in [2.45, 2.75) is 31.7 Å². The Morgan fingerprint density at radius 1 is 1.11 bits per heavy atom. The molecule has 2 aliphatic rings. The zero-order valence-electron chi connectivity index (χ0n) is 16.1. The Balaban J connectivity index is 1.53. The zero-order valence-corrected chi connectivity index (χ0v) is 16.1. The molecule has 0 radical (unpaired) electrons. The number of likely N-dealkylation sites (tertiary alicyclic amines) is 1. The minimum Gasteiger partial charge on any atom is -0.495 e. The van der Waals surface area contributed by atoms with Gasteiger partial charge in [0.05, 0.1) is 12.8 Å². The fourth-order valence-corrected chi connectivity index (χ4v) is 4.09. The molecule has 2 amide bonds. The fraction of sp³-hybridized carbons (Fsp3) is 0.600. The maximum atomic E-state index is 12.3. The molecule has 3 rings (SSSR count). The SMILES string of the molecule is COc1ccccc1N1CCN(C2CCCN(C(=O)CCC(N)=O)C2)CC1. The van der Waals surface area contributed by atoms with Crippen molar-refractivity contribution in [3.63, 3.8) is 0 Å². The van der Waals surface area contributed by atoms with Gasteiger partial charge in [0.15, 0.2) is 0 Å². The number of piperazine rings is 1. The molecule has 1 atom stereocenters. The number of primary amides is 1. The Bertz CT molecular complexity index is 658. The molecule has 27 heavy (non-hydrogen) atoms. The van der Waals surface area contributed by atoms with Gasteiger partial charge in [0.25, 0.3) is 0 Å². The number of amides is 2. The number of carbonyl (C=O) groups excluding carboxylic acids is 2. The van der Waals surface area contributed by atoms with Crippen molar-refractivity contribution >= 4 is 17.5 Å². The molecule has 7 heteroatoms. The van der Waals surface area contributed by atoms with Crippen LogP contribution in [0.1, 0.15) is 25.7 Å². The molecule has 2 aliphatic heterocycles. The van der Waals surface area contributed by atoms with E-state index in [1.165, 1.54) is 0 Å². The summed E-state index contributed by atoms with van der Waals surface area (Å²) in [5.41, 5.74) is 6.31. The summed E-state index contributed by atoms with van der Waals surface area (Å²) in [6.07, 6.45) is 2.50. The summed E-state index contributed by atoms with van der Waals surface area (Å²) in [5.74, 6) is 0.547. The van der Waals surface area contributed by atoms with Gasteiger partial charge < -0.3 is 20.3 Å². The van der Waals surface area contributed by atoms with Crippen LogP contribution in [0, 0.1) is 0 Å². The molecule has 0 aliphatic carbocycles. The minimum absolute atomic E-state index is 0.0474. The number of methoxy groups -OCH3 is 1. The molecule has 2 heterocycles. The molecule has 1 unspecified atom stereocenters. The number of benzene rings is 1. The summed E-state index contributed by atoms with van der Waals surface area (Å²) < 4.78 is 5.49. The summed E-state index contributed by atoms with van der Waals surface area (Å²) in [4.78, 5) is 30.0. The predicted molar refractivity (Wildman–Crippen MR) is 105 cm³/mol. The van der Waals surface area contributed by atoms with E-state index in [-0.39, 0.29) is 18.7 Å². The third-order valence-corrected chi connectivity index (χ3v) is 5.59. The van der Waals surface area contributed by atoms with Crippen molar-refractivity contribution < 1.29 is 14.3 Å². The van der Waals surface area contributed by atoms with Crippen molar-refractivity contribution in [3.8, 4) is 5.75 Å². The molecule has 0 saturated carbocycles. The number of nitrogens with zero attached hydrogens (tertiary/aromatic N) is 3. The summed E-state index contributed by atoms with van der Waals surface area (Å²) in [5, 5.41) is 0. The van der Waals surface area contributed by atoms with E-state index >= 15 is 0 Å². The van der Waals surface area contributed by atoms with Crippen LogP contribution in [0.3, 0.4) is 0 Å². The Morgan fingerprint density at radius 3 is 2.56 bits per heavy atom. The second kappa shape index (κ2) is 9.08. The number of piperidine rings is 1. The third kappa shape index (κ3) is 4.91. The first-order valence-electron chi connectivity index (χ1n) is 9.76. The lowest BCUT2D eigenvalue weighted by molar-refractivity contribution is -0.135. The molecule has 1 aromatic carbocycles. The Hall–Kier alpha value is -2.28.